The topological polar surface area (TPSA) is 131 Å². The molecule has 0 aromatic heterocycles. The van der Waals surface area contributed by atoms with Gasteiger partial charge in [-0.05, 0) is 83.5 Å². The van der Waals surface area contributed by atoms with E-state index in [0.717, 1.165) is 57.8 Å². The molecule has 0 amide bonds. The molecule has 0 spiro atoms. The molecule has 0 aliphatic heterocycles. The Bertz CT molecular complexity index is 1310. The van der Waals surface area contributed by atoms with Gasteiger partial charge in [-0.15, -0.1) is 0 Å². The SMILES string of the molecule is CC/C=C\C/C=C\C/C=C\C/C=C\CCCCC(=O)O[C@H](COC(=O)CCC[C@H](O)/C=C/C=C\C/C=C\C/C=C\CCCCC)COP(=O)([O-])OCC[N+](C)(C)C. The Balaban J connectivity index is 4.68. The first-order valence-corrected chi connectivity index (χ1v) is 22.5. The minimum absolute atomic E-state index is 0.0334. The lowest BCUT2D eigenvalue weighted by Crippen LogP contribution is -2.37. The highest BCUT2D eigenvalue weighted by molar-refractivity contribution is 7.45. The summed E-state index contributed by atoms with van der Waals surface area (Å²) >= 11 is 0. The molecule has 57 heavy (non-hydrogen) atoms. The van der Waals surface area contributed by atoms with Crippen molar-refractivity contribution in [2.75, 3.05) is 47.5 Å². The van der Waals surface area contributed by atoms with Gasteiger partial charge in [-0.3, -0.25) is 14.2 Å². The van der Waals surface area contributed by atoms with Crippen LogP contribution in [0, 0.1) is 0 Å². The van der Waals surface area contributed by atoms with E-state index in [1.54, 1.807) is 12.2 Å². The molecular formula is C46H76NO9P. The molecule has 0 heterocycles. The molecule has 324 valence electrons. The Morgan fingerprint density at radius 3 is 1.79 bits per heavy atom. The third kappa shape index (κ3) is 40.9. The maximum atomic E-state index is 12.6. The van der Waals surface area contributed by atoms with Crippen molar-refractivity contribution in [3.05, 3.63) is 97.2 Å². The number of aliphatic hydroxyl groups excluding tert-OH is 1. The molecule has 0 aromatic rings. The second-order valence-corrected chi connectivity index (χ2v) is 16.2. The number of aliphatic hydroxyl groups is 1. The van der Waals surface area contributed by atoms with Crippen LogP contribution in [0.15, 0.2) is 97.2 Å². The van der Waals surface area contributed by atoms with Crippen molar-refractivity contribution in [3.63, 3.8) is 0 Å². The van der Waals surface area contributed by atoms with Crippen LogP contribution in [0.3, 0.4) is 0 Å². The van der Waals surface area contributed by atoms with E-state index in [0.29, 0.717) is 30.3 Å². The van der Waals surface area contributed by atoms with Gasteiger partial charge in [0.05, 0.1) is 33.9 Å². The van der Waals surface area contributed by atoms with E-state index in [1.165, 1.54) is 19.3 Å². The molecule has 0 radical (unpaired) electrons. The van der Waals surface area contributed by atoms with Gasteiger partial charge in [0.15, 0.2) is 6.10 Å². The number of likely N-dealkylation sites (N-methyl/N-ethyl adjacent to an activating group) is 1. The molecule has 0 saturated carbocycles. The zero-order chi connectivity index (χ0) is 42.3. The molecular weight excluding hydrogens is 741 g/mol. The molecule has 10 nitrogen and oxygen atoms in total. The minimum Gasteiger partial charge on any atom is -0.756 e. The number of quaternary nitrogens is 1. The Hall–Kier alpha value is -3.11. The number of carbonyl (C=O) groups is 2. The van der Waals surface area contributed by atoms with Crippen molar-refractivity contribution in [2.24, 2.45) is 0 Å². The summed E-state index contributed by atoms with van der Waals surface area (Å²) in [5, 5.41) is 10.3. The van der Waals surface area contributed by atoms with Gasteiger partial charge in [-0.25, -0.2) is 0 Å². The van der Waals surface area contributed by atoms with Crippen molar-refractivity contribution in [1.29, 1.82) is 0 Å². The molecule has 0 rings (SSSR count). The average Bonchev–Trinajstić information content (AvgIpc) is 3.15. The number of allylic oxidation sites excluding steroid dienone is 15. The van der Waals surface area contributed by atoms with Crippen LogP contribution in [0.1, 0.15) is 123 Å². The smallest absolute Gasteiger partial charge is 0.306 e. The normalized spacial score (nSPS) is 15.1. The van der Waals surface area contributed by atoms with Gasteiger partial charge in [-0.2, -0.15) is 0 Å². The Labute approximate surface area is 346 Å². The second-order valence-electron chi connectivity index (χ2n) is 14.8. The summed E-state index contributed by atoms with van der Waals surface area (Å²) in [4.78, 5) is 37.5. The predicted octanol–water partition coefficient (Wildman–Crippen LogP) is 10.1. The highest BCUT2D eigenvalue weighted by Crippen LogP contribution is 2.38. The van der Waals surface area contributed by atoms with E-state index in [2.05, 4.69) is 86.8 Å². The molecule has 0 bridgehead atoms. The van der Waals surface area contributed by atoms with E-state index in [-0.39, 0.29) is 26.1 Å². The van der Waals surface area contributed by atoms with Crippen LogP contribution < -0.4 is 4.89 Å². The van der Waals surface area contributed by atoms with Crippen LogP contribution in [0.25, 0.3) is 0 Å². The monoisotopic (exact) mass is 818 g/mol. The maximum Gasteiger partial charge on any atom is 0.306 e. The first-order chi connectivity index (χ1) is 27.4. The number of hydrogen-bond acceptors (Lipinski definition) is 9. The maximum absolute atomic E-state index is 12.6. The fourth-order valence-corrected chi connectivity index (χ4v) is 5.59. The number of nitrogens with zero attached hydrogens (tertiary/aromatic N) is 1. The Morgan fingerprint density at radius 2 is 1.21 bits per heavy atom. The lowest BCUT2D eigenvalue weighted by molar-refractivity contribution is -0.870. The van der Waals surface area contributed by atoms with Crippen molar-refractivity contribution >= 4 is 19.8 Å². The first kappa shape index (κ1) is 53.9. The van der Waals surface area contributed by atoms with Crippen LogP contribution in [-0.2, 0) is 32.7 Å². The lowest BCUT2D eigenvalue weighted by Gasteiger charge is -2.28. The van der Waals surface area contributed by atoms with Crippen LogP contribution in [0.2, 0.25) is 0 Å². The number of carbonyl (C=O) groups excluding carboxylic acids is 2. The number of rotatable bonds is 36. The lowest BCUT2D eigenvalue weighted by atomic mass is 10.1. The highest BCUT2D eigenvalue weighted by Gasteiger charge is 2.21. The van der Waals surface area contributed by atoms with Gasteiger partial charge in [-0.1, -0.05) is 124 Å². The number of phosphoric ester groups is 1. The van der Waals surface area contributed by atoms with Gasteiger partial charge in [0.1, 0.15) is 19.8 Å². The third-order valence-electron chi connectivity index (χ3n) is 8.19. The number of esters is 2. The van der Waals surface area contributed by atoms with Gasteiger partial charge in [0.2, 0.25) is 0 Å². The molecule has 0 aliphatic rings. The summed E-state index contributed by atoms with van der Waals surface area (Å²) in [6, 6.07) is 0. The van der Waals surface area contributed by atoms with Gasteiger partial charge in [0.25, 0.3) is 7.82 Å². The van der Waals surface area contributed by atoms with Crippen molar-refractivity contribution in [3.8, 4) is 0 Å². The zero-order valence-corrected chi connectivity index (χ0v) is 36.7. The van der Waals surface area contributed by atoms with Crippen LogP contribution >= 0.6 is 7.82 Å². The number of ether oxygens (including phenoxy) is 2. The number of hydrogen-bond donors (Lipinski definition) is 1. The molecule has 0 saturated heterocycles. The predicted molar refractivity (Wildman–Crippen MR) is 232 cm³/mol. The largest absolute Gasteiger partial charge is 0.756 e. The number of phosphoric acid groups is 1. The second kappa shape index (κ2) is 37.2. The van der Waals surface area contributed by atoms with Gasteiger partial charge < -0.3 is 33.0 Å². The summed E-state index contributed by atoms with van der Waals surface area (Å²) in [6.45, 7) is 3.77. The fraction of sp³-hybridized carbons (Fsp3) is 0.609. The van der Waals surface area contributed by atoms with Crippen molar-refractivity contribution < 1.29 is 47.2 Å². The number of unbranched alkanes of at least 4 members (excludes halogenated alkanes) is 5. The summed E-state index contributed by atoms with van der Waals surface area (Å²) in [7, 11) is 1.02. The van der Waals surface area contributed by atoms with E-state index < -0.39 is 38.6 Å². The van der Waals surface area contributed by atoms with Crippen LogP contribution in [0.5, 0.6) is 0 Å². The molecule has 0 fully saturated rings. The zero-order valence-electron chi connectivity index (χ0n) is 35.8. The Morgan fingerprint density at radius 1 is 0.667 bits per heavy atom. The van der Waals surface area contributed by atoms with E-state index in [4.69, 9.17) is 18.5 Å². The molecule has 1 N–H and O–H groups in total. The third-order valence-corrected chi connectivity index (χ3v) is 9.16. The van der Waals surface area contributed by atoms with Crippen molar-refractivity contribution in [1.82, 2.24) is 0 Å². The van der Waals surface area contributed by atoms with Gasteiger partial charge in [0, 0.05) is 12.8 Å². The Kier molecular flexibility index (Phi) is 35.2. The average molecular weight is 818 g/mol. The molecule has 0 aliphatic carbocycles. The van der Waals surface area contributed by atoms with Crippen molar-refractivity contribution in [2.45, 2.75) is 135 Å². The fourth-order valence-electron chi connectivity index (χ4n) is 4.86. The van der Waals surface area contributed by atoms with E-state index in [9.17, 15) is 24.2 Å². The molecule has 0 aromatic carbocycles. The summed E-state index contributed by atoms with van der Waals surface area (Å²) in [5.74, 6) is -1.10. The molecule has 3 atom stereocenters. The minimum atomic E-state index is -4.69. The van der Waals surface area contributed by atoms with E-state index in [1.807, 2.05) is 33.3 Å². The van der Waals surface area contributed by atoms with Crippen LogP contribution in [-0.4, -0.2) is 81.2 Å². The molecule has 1 unspecified atom stereocenters. The van der Waals surface area contributed by atoms with E-state index >= 15 is 0 Å². The summed E-state index contributed by atoms with van der Waals surface area (Å²) < 4.78 is 33.6. The highest BCUT2D eigenvalue weighted by atomic mass is 31.2. The van der Waals surface area contributed by atoms with Crippen LogP contribution in [0.4, 0.5) is 0 Å². The summed E-state index contributed by atoms with van der Waals surface area (Å²) in [5.41, 5.74) is 0. The first-order valence-electron chi connectivity index (χ1n) is 21.1. The van der Waals surface area contributed by atoms with Gasteiger partial charge >= 0.3 is 11.9 Å². The summed E-state index contributed by atoms with van der Waals surface area (Å²) in [6.07, 6.45) is 44.7. The quantitative estimate of drug-likeness (QED) is 0.0164. The standard InChI is InChI=1S/C46H76NO9P/c1-6-8-10-12-14-16-18-20-21-23-25-27-29-31-33-37-46(50)56-44(42-55-57(51,52)54-40-39-47(3,4)5)41-53-45(49)38-34-36-43(48)35-32-30-28-26-24-22-19-17-15-13-11-9-7-2/h8,10,14-17,20-22,24-25,27-28,30,32,35,43-44,48H,6-7,9,11-13,18-19,23,26,29,31,33-34,36-42H2,1-5H3/b10-8-,16-14-,17-15-,21-20-,24-22-,27-25-,30-28-,35-32+/t43-,44-/m1/s1. The molecule has 11 heteroatoms.